The topological polar surface area (TPSA) is 25.8 Å². The van der Waals surface area contributed by atoms with Crippen molar-refractivity contribution >= 4 is 54.5 Å². The molecule has 86 valence electrons. The Morgan fingerprint density at radius 3 is 1.80 bits per heavy atom. The molecule has 1 aromatic rings. The lowest BCUT2D eigenvalue weighted by molar-refractivity contribution is 0.959. The average molecular weight is 299 g/mol. The Balaban J connectivity index is 2.23. The van der Waals surface area contributed by atoms with Crippen LogP contribution in [0.5, 0.6) is 0 Å². The van der Waals surface area contributed by atoms with Gasteiger partial charge in [0.1, 0.15) is 0 Å². The molecule has 1 aromatic heterocycles. The fourth-order valence-corrected chi connectivity index (χ4v) is 6.47. The van der Waals surface area contributed by atoms with Gasteiger partial charge in [0.15, 0.2) is 8.68 Å². The van der Waals surface area contributed by atoms with Crippen LogP contribution >= 0.6 is 54.5 Å². The standard InChI is InChI=1S/C8H14N2S5/c1-3-5-11-14-7-9-10-8(13-7)15-12-6-4-2/h3-6H2,1-2H3. The molecule has 0 aliphatic carbocycles. The monoisotopic (exact) mass is 298 g/mol. The summed E-state index contributed by atoms with van der Waals surface area (Å²) in [7, 11) is 7.20. The van der Waals surface area contributed by atoms with E-state index < -0.39 is 0 Å². The first-order valence-electron chi connectivity index (χ1n) is 4.79. The molecular formula is C8H14N2S5. The molecule has 1 heterocycles. The smallest absolute Gasteiger partial charge is 0.130 e. The SMILES string of the molecule is CCCSSc1nnc(SSCCC)s1. The lowest BCUT2D eigenvalue weighted by Crippen LogP contribution is -1.71. The van der Waals surface area contributed by atoms with Gasteiger partial charge in [-0.3, -0.25) is 0 Å². The van der Waals surface area contributed by atoms with Gasteiger partial charge in [-0.25, -0.2) is 0 Å². The first kappa shape index (κ1) is 14.0. The third kappa shape index (κ3) is 6.31. The van der Waals surface area contributed by atoms with E-state index in [1.54, 1.807) is 32.9 Å². The summed E-state index contributed by atoms with van der Waals surface area (Å²) in [6.07, 6.45) is 2.43. The van der Waals surface area contributed by atoms with E-state index in [4.69, 9.17) is 0 Å². The maximum Gasteiger partial charge on any atom is 0.185 e. The third-order valence-electron chi connectivity index (χ3n) is 1.22. The van der Waals surface area contributed by atoms with Crippen molar-refractivity contribution in [2.45, 2.75) is 35.4 Å². The molecule has 0 saturated carbocycles. The Morgan fingerprint density at radius 2 is 1.40 bits per heavy atom. The highest BCUT2D eigenvalue weighted by atomic mass is 33.1. The minimum Gasteiger partial charge on any atom is -0.130 e. The van der Waals surface area contributed by atoms with Crippen LogP contribution in [0.4, 0.5) is 0 Å². The quantitative estimate of drug-likeness (QED) is 0.503. The third-order valence-corrected chi connectivity index (χ3v) is 7.86. The van der Waals surface area contributed by atoms with Gasteiger partial charge in [0, 0.05) is 11.5 Å². The Bertz CT molecular complexity index is 241. The predicted molar refractivity (Wildman–Crippen MR) is 77.1 cm³/mol. The minimum atomic E-state index is 1.08. The summed E-state index contributed by atoms with van der Waals surface area (Å²) in [5.41, 5.74) is 0. The Hall–Kier alpha value is 0.960. The summed E-state index contributed by atoms with van der Waals surface area (Å²) >= 11 is 1.70. The largest absolute Gasteiger partial charge is 0.185 e. The minimum absolute atomic E-state index is 1.08. The van der Waals surface area contributed by atoms with Gasteiger partial charge < -0.3 is 0 Å². The van der Waals surface area contributed by atoms with Gasteiger partial charge >= 0.3 is 0 Å². The lowest BCUT2D eigenvalue weighted by atomic mass is 10.6. The second-order valence-electron chi connectivity index (χ2n) is 2.64. The van der Waals surface area contributed by atoms with Crippen molar-refractivity contribution < 1.29 is 0 Å². The highest BCUT2D eigenvalue weighted by Crippen LogP contribution is 2.39. The molecule has 0 radical (unpaired) electrons. The zero-order valence-corrected chi connectivity index (χ0v) is 12.8. The highest BCUT2D eigenvalue weighted by Gasteiger charge is 2.05. The summed E-state index contributed by atoms with van der Waals surface area (Å²) < 4.78 is 2.15. The van der Waals surface area contributed by atoms with Gasteiger partial charge in [-0.05, 0) is 34.4 Å². The molecule has 0 N–H and O–H groups in total. The zero-order valence-electron chi connectivity index (χ0n) is 8.76. The van der Waals surface area contributed by atoms with Crippen molar-refractivity contribution in [2.24, 2.45) is 0 Å². The van der Waals surface area contributed by atoms with Gasteiger partial charge in [-0.2, -0.15) is 0 Å². The van der Waals surface area contributed by atoms with Crippen molar-refractivity contribution in [3.05, 3.63) is 0 Å². The van der Waals surface area contributed by atoms with E-state index >= 15 is 0 Å². The molecule has 0 bridgehead atoms. The molecule has 0 saturated heterocycles. The second-order valence-corrected chi connectivity index (χ2v) is 8.95. The molecule has 0 aromatic carbocycles. The lowest BCUT2D eigenvalue weighted by Gasteiger charge is -1.92. The van der Waals surface area contributed by atoms with Crippen LogP contribution in [-0.2, 0) is 0 Å². The molecule has 0 aliphatic heterocycles. The van der Waals surface area contributed by atoms with E-state index in [1.807, 2.05) is 21.6 Å². The van der Waals surface area contributed by atoms with E-state index in [0.29, 0.717) is 0 Å². The van der Waals surface area contributed by atoms with Gasteiger partial charge in [-0.1, -0.05) is 46.8 Å². The van der Waals surface area contributed by atoms with Crippen molar-refractivity contribution in [1.82, 2.24) is 10.2 Å². The summed E-state index contributed by atoms with van der Waals surface area (Å²) in [4.78, 5) is 0. The average Bonchev–Trinajstić information content (AvgIpc) is 2.67. The first-order chi connectivity index (χ1) is 7.36. The van der Waals surface area contributed by atoms with Crippen LogP contribution in [0.15, 0.2) is 8.68 Å². The predicted octanol–water partition coefficient (Wildman–Crippen LogP) is 4.84. The van der Waals surface area contributed by atoms with Crippen LogP contribution in [0.1, 0.15) is 26.7 Å². The van der Waals surface area contributed by atoms with Crippen LogP contribution in [0, 0.1) is 0 Å². The first-order valence-corrected chi connectivity index (χ1v) is 10.2. The second kappa shape index (κ2) is 9.04. The molecule has 0 spiro atoms. The zero-order chi connectivity index (χ0) is 10.9. The van der Waals surface area contributed by atoms with E-state index in [0.717, 1.165) is 8.68 Å². The number of hydrogen-bond donors (Lipinski definition) is 0. The van der Waals surface area contributed by atoms with Crippen molar-refractivity contribution in [2.75, 3.05) is 11.5 Å². The van der Waals surface area contributed by atoms with Crippen LogP contribution in [-0.4, -0.2) is 21.7 Å². The molecule has 1 rings (SSSR count). The normalized spacial score (nSPS) is 10.8. The van der Waals surface area contributed by atoms with Crippen LogP contribution < -0.4 is 0 Å². The maximum atomic E-state index is 4.14. The molecule has 15 heavy (non-hydrogen) atoms. The Labute approximate surface area is 111 Å². The van der Waals surface area contributed by atoms with Gasteiger partial charge in [0.05, 0.1) is 0 Å². The van der Waals surface area contributed by atoms with E-state index in [1.165, 1.54) is 24.3 Å². The van der Waals surface area contributed by atoms with Gasteiger partial charge in [0.2, 0.25) is 0 Å². The number of hydrogen-bond acceptors (Lipinski definition) is 7. The van der Waals surface area contributed by atoms with Crippen LogP contribution in [0.3, 0.4) is 0 Å². The molecule has 7 heteroatoms. The van der Waals surface area contributed by atoms with Crippen molar-refractivity contribution in [1.29, 1.82) is 0 Å². The van der Waals surface area contributed by atoms with Crippen LogP contribution in [0.25, 0.3) is 0 Å². The van der Waals surface area contributed by atoms with Crippen molar-refractivity contribution in [3.63, 3.8) is 0 Å². The van der Waals surface area contributed by atoms with Crippen molar-refractivity contribution in [3.8, 4) is 0 Å². The fourth-order valence-electron chi connectivity index (χ4n) is 0.615. The molecular weight excluding hydrogens is 284 g/mol. The molecule has 0 fully saturated rings. The summed E-state index contributed by atoms with van der Waals surface area (Å²) in [5, 5.41) is 8.29. The molecule has 2 nitrogen and oxygen atoms in total. The van der Waals surface area contributed by atoms with E-state index in [2.05, 4.69) is 24.0 Å². The number of rotatable bonds is 8. The van der Waals surface area contributed by atoms with Crippen LogP contribution in [0.2, 0.25) is 0 Å². The highest BCUT2D eigenvalue weighted by molar-refractivity contribution is 8.77. The van der Waals surface area contributed by atoms with E-state index in [9.17, 15) is 0 Å². The molecule has 0 unspecified atom stereocenters. The summed E-state index contributed by atoms with van der Waals surface area (Å²) in [6.45, 7) is 4.38. The Kier molecular flexibility index (Phi) is 8.45. The van der Waals surface area contributed by atoms with E-state index in [-0.39, 0.29) is 0 Å². The van der Waals surface area contributed by atoms with Gasteiger partial charge in [-0.15, -0.1) is 10.2 Å². The molecule has 0 atom stereocenters. The Morgan fingerprint density at radius 1 is 0.933 bits per heavy atom. The summed E-state index contributed by atoms with van der Waals surface area (Å²) in [6, 6.07) is 0. The number of nitrogens with zero attached hydrogens (tertiary/aromatic N) is 2. The van der Waals surface area contributed by atoms with Gasteiger partial charge in [0.25, 0.3) is 0 Å². The number of aromatic nitrogens is 2. The summed E-state index contributed by atoms with van der Waals surface area (Å²) in [5.74, 6) is 2.36. The fraction of sp³-hybridized carbons (Fsp3) is 0.750. The maximum absolute atomic E-state index is 4.14. The molecule has 0 aliphatic rings. The molecule has 0 amide bonds.